The van der Waals surface area contributed by atoms with Crippen LogP contribution in [0.3, 0.4) is 0 Å². The van der Waals surface area contributed by atoms with Gasteiger partial charge in [-0.05, 0) is 54.8 Å². The zero-order chi connectivity index (χ0) is 20.1. The van der Waals surface area contributed by atoms with Gasteiger partial charge >= 0.3 is 0 Å². The van der Waals surface area contributed by atoms with E-state index < -0.39 is 0 Å². The van der Waals surface area contributed by atoms with Gasteiger partial charge in [-0.2, -0.15) is 0 Å². The molecule has 0 aliphatic carbocycles. The van der Waals surface area contributed by atoms with Crippen molar-refractivity contribution < 1.29 is 9.59 Å². The van der Waals surface area contributed by atoms with Crippen LogP contribution in [-0.2, 0) is 11.3 Å². The van der Waals surface area contributed by atoms with Crippen LogP contribution in [0.15, 0.2) is 48.5 Å². The van der Waals surface area contributed by atoms with Crippen LogP contribution in [-0.4, -0.2) is 43.9 Å². The van der Waals surface area contributed by atoms with Gasteiger partial charge in [0.25, 0.3) is 5.91 Å². The molecule has 1 heterocycles. The van der Waals surface area contributed by atoms with Gasteiger partial charge in [0, 0.05) is 55.9 Å². The van der Waals surface area contributed by atoms with E-state index in [0.29, 0.717) is 43.1 Å². The summed E-state index contributed by atoms with van der Waals surface area (Å²) in [7, 11) is 3.94. The molecule has 5 nitrogen and oxygen atoms in total. The van der Waals surface area contributed by atoms with Crippen LogP contribution in [0.4, 0.5) is 5.69 Å². The number of anilines is 1. The highest BCUT2D eigenvalue weighted by Gasteiger charge is 2.27. The molecule has 2 amide bonds. The third kappa shape index (κ3) is 5.04. The lowest BCUT2D eigenvalue weighted by Crippen LogP contribution is -2.42. The van der Waals surface area contributed by atoms with Gasteiger partial charge < -0.3 is 15.1 Å². The van der Waals surface area contributed by atoms with E-state index in [1.807, 2.05) is 72.4 Å². The number of benzene rings is 2. The van der Waals surface area contributed by atoms with E-state index in [1.54, 1.807) is 0 Å². The zero-order valence-corrected chi connectivity index (χ0v) is 17.1. The summed E-state index contributed by atoms with van der Waals surface area (Å²) >= 11 is 5.88. The van der Waals surface area contributed by atoms with Crippen molar-refractivity contribution in [2.24, 2.45) is 5.92 Å². The quantitative estimate of drug-likeness (QED) is 0.836. The van der Waals surface area contributed by atoms with Crippen molar-refractivity contribution in [2.45, 2.75) is 19.4 Å². The van der Waals surface area contributed by atoms with Gasteiger partial charge in [0.05, 0.1) is 0 Å². The highest BCUT2D eigenvalue weighted by molar-refractivity contribution is 6.30. The summed E-state index contributed by atoms with van der Waals surface area (Å²) in [5.74, 6) is 0.0372. The van der Waals surface area contributed by atoms with E-state index in [9.17, 15) is 9.59 Å². The molecule has 1 aliphatic heterocycles. The molecule has 0 spiro atoms. The summed E-state index contributed by atoms with van der Waals surface area (Å²) in [6.07, 6.45) is 1.38. The van der Waals surface area contributed by atoms with Gasteiger partial charge in [-0.1, -0.05) is 23.7 Å². The molecule has 0 saturated carbocycles. The van der Waals surface area contributed by atoms with E-state index in [2.05, 4.69) is 5.32 Å². The van der Waals surface area contributed by atoms with Crippen LogP contribution in [0.1, 0.15) is 28.8 Å². The summed E-state index contributed by atoms with van der Waals surface area (Å²) in [5.41, 5.74) is 2.77. The van der Waals surface area contributed by atoms with Crippen molar-refractivity contribution in [3.63, 3.8) is 0 Å². The SMILES string of the molecule is CN(C)c1ccc(C(=O)N2CCC(C(=O)NCc3ccc(Cl)cc3)CC2)cc1. The Bertz CT molecular complexity index is 811. The maximum atomic E-state index is 12.7. The lowest BCUT2D eigenvalue weighted by Gasteiger charge is -2.31. The molecule has 2 aromatic rings. The Morgan fingerprint density at radius 1 is 1.04 bits per heavy atom. The Morgan fingerprint density at radius 2 is 1.64 bits per heavy atom. The minimum atomic E-state index is -0.0486. The predicted octanol–water partition coefficient (Wildman–Crippen LogP) is 3.57. The maximum absolute atomic E-state index is 12.7. The fourth-order valence-electron chi connectivity index (χ4n) is 3.37. The molecule has 0 radical (unpaired) electrons. The van der Waals surface area contributed by atoms with Gasteiger partial charge in [-0.25, -0.2) is 0 Å². The van der Waals surface area contributed by atoms with Crippen LogP contribution in [0.2, 0.25) is 5.02 Å². The summed E-state index contributed by atoms with van der Waals surface area (Å²) < 4.78 is 0. The molecular formula is C22H26ClN3O2. The molecular weight excluding hydrogens is 374 g/mol. The van der Waals surface area contributed by atoms with Gasteiger partial charge in [0.2, 0.25) is 5.91 Å². The Kier molecular flexibility index (Phi) is 6.57. The number of carbonyl (C=O) groups is 2. The molecule has 0 bridgehead atoms. The molecule has 0 unspecified atom stereocenters. The first-order chi connectivity index (χ1) is 13.4. The summed E-state index contributed by atoms with van der Waals surface area (Å²) in [6.45, 7) is 1.70. The van der Waals surface area contributed by atoms with Crippen LogP contribution in [0.5, 0.6) is 0 Å². The number of likely N-dealkylation sites (tertiary alicyclic amines) is 1. The third-order valence-electron chi connectivity index (χ3n) is 5.16. The molecule has 6 heteroatoms. The second-order valence-corrected chi connectivity index (χ2v) is 7.79. The number of hydrogen-bond donors (Lipinski definition) is 1. The Labute approximate surface area is 171 Å². The van der Waals surface area contributed by atoms with Crippen LogP contribution >= 0.6 is 11.6 Å². The zero-order valence-electron chi connectivity index (χ0n) is 16.3. The minimum Gasteiger partial charge on any atom is -0.378 e. The second-order valence-electron chi connectivity index (χ2n) is 7.35. The van der Waals surface area contributed by atoms with Crippen molar-refractivity contribution in [3.8, 4) is 0 Å². The molecule has 28 heavy (non-hydrogen) atoms. The first kappa shape index (κ1) is 20.2. The number of carbonyl (C=O) groups excluding carboxylic acids is 2. The van der Waals surface area contributed by atoms with E-state index in [1.165, 1.54) is 0 Å². The smallest absolute Gasteiger partial charge is 0.253 e. The fraction of sp³-hybridized carbons (Fsp3) is 0.364. The average molecular weight is 400 g/mol. The first-order valence-corrected chi connectivity index (χ1v) is 9.90. The number of nitrogens with zero attached hydrogens (tertiary/aromatic N) is 2. The van der Waals surface area contributed by atoms with Crippen molar-refractivity contribution in [1.82, 2.24) is 10.2 Å². The molecule has 1 fully saturated rings. The van der Waals surface area contributed by atoms with E-state index >= 15 is 0 Å². The molecule has 148 valence electrons. The van der Waals surface area contributed by atoms with E-state index in [-0.39, 0.29) is 17.7 Å². The summed E-state index contributed by atoms with van der Waals surface area (Å²) in [6, 6.07) is 15.1. The lowest BCUT2D eigenvalue weighted by atomic mass is 9.95. The van der Waals surface area contributed by atoms with Crippen molar-refractivity contribution in [3.05, 3.63) is 64.7 Å². The minimum absolute atomic E-state index is 0.0327. The first-order valence-electron chi connectivity index (χ1n) is 9.53. The lowest BCUT2D eigenvalue weighted by molar-refractivity contribution is -0.126. The topological polar surface area (TPSA) is 52.7 Å². The molecule has 0 aromatic heterocycles. The van der Waals surface area contributed by atoms with Gasteiger partial charge in [0.15, 0.2) is 0 Å². The highest BCUT2D eigenvalue weighted by Crippen LogP contribution is 2.21. The monoisotopic (exact) mass is 399 g/mol. The largest absolute Gasteiger partial charge is 0.378 e. The fourth-order valence-corrected chi connectivity index (χ4v) is 3.49. The number of halogens is 1. The number of amides is 2. The van der Waals surface area contributed by atoms with E-state index in [0.717, 1.165) is 11.3 Å². The summed E-state index contributed by atoms with van der Waals surface area (Å²) in [4.78, 5) is 29.0. The Balaban J connectivity index is 1.48. The Morgan fingerprint density at radius 3 is 2.21 bits per heavy atom. The van der Waals surface area contributed by atoms with Gasteiger partial charge in [-0.3, -0.25) is 9.59 Å². The number of nitrogens with one attached hydrogen (secondary N) is 1. The molecule has 0 atom stereocenters. The second kappa shape index (κ2) is 9.11. The highest BCUT2D eigenvalue weighted by atomic mass is 35.5. The van der Waals surface area contributed by atoms with Crippen LogP contribution < -0.4 is 10.2 Å². The number of piperidine rings is 1. The standard InChI is InChI=1S/C22H26ClN3O2/c1-25(2)20-9-5-18(6-10-20)22(28)26-13-11-17(12-14-26)21(27)24-15-16-3-7-19(23)8-4-16/h3-10,17H,11-15H2,1-2H3,(H,24,27). The number of hydrogen-bond acceptors (Lipinski definition) is 3. The Hall–Kier alpha value is -2.53. The molecule has 1 N–H and O–H groups in total. The molecule has 1 saturated heterocycles. The summed E-state index contributed by atoms with van der Waals surface area (Å²) in [5, 5.41) is 3.67. The number of rotatable bonds is 5. The van der Waals surface area contributed by atoms with Crippen molar-refractivity contribution >= 4 is 29.1 Å². The molecule has 3 rings (SSSR count). The normalized spacial score (nSPS) is 14.6. The van der Waals surface area contributed by atoms with Crippen molar-refractivity contribution in [2.75, 3.05) is 32.1 Å². The molecule has 2 aromatic carbocycles. The predicted molar refractivity (Wildman–Crippen MR) is 113 cm³/mol. The maximum Gasteiger partial charge on any atom is 0.253 e. The molecule has 1 aliphatic rings. The van der Waals surface area contributed by atoms with Crippen LogP contribution in [0.25, 0.3) is 0 Å². The van der Waals surface area contributed by atoms with E-state index in [4.69, 9.17) is 11.6 Å². The van der Waals surface area contributed by atoms with Gasteiger partial charge in [-0.15, -0.1) is 0 Å². The van der Waals surface area contributed by atoms with Crippen molar-refractivity contribution in [1.29, 1.82) is 0 Å². The average Bonchev–Trinajstić information content (AvgIpc) is 2.73. The van der Waals surface area contributed by atoms with Crippen LogP contribution in [0, 0.1) is 5.92 Å². The third-order valence-corrected chi connectivity index (χ3v) is 5.42. The van der Waals surface area contributed by atoms with Gasteiger partial charge in [0.1, 0.15) is 0 Å².